The van der Waals surface area contributed by atoms with Gasteiger partial charge in [0.15, 0.2) is 0 Å². The third-order valence-electron chi connectivity index (χ3n) is 3.92. The molecule has 1 aromatic rings. The first kappa shape index (κ1) is 17.2. The van der Waals surface area contributed by atoms with Gasteiger partial charge in [-0.3, -0.25) is 9.79 Å². The van der Waals surface area contributed by atoms with E-state index in [0.717, 1.165) is 31.7 Å². The number of carbonyl (C=O) groups excluding carboxylic acids is 1. The van der Waals surface area contributed by atoms with E-state index in [-0.39, 0.29) is 12.1 Å². The second-order valence-corrected chi connectivity index (χ2v) is 7.40. The maximum Gasteiger partial charge on any atom is 0.255 e. The molecule has 0 saturated carbocycles. The van der Waals surface area contributed by atoms with Gasteiger partial charge in [-0.2, -0.15) is 0 Å². The molecule has 2 aliphatic heterocycles. The van der Waals surface area contributed by atoms with Gasteiger partial charge in [-0.15, -0.1) is 0 Å². The van der Waals surface area contributed by atoms with E-state index in [2.05, 4.69) is 42.2 Å². The normalized spacial score (nSPS) is 19.9. The molecule has 5 nitrogen and oxygen atoms in total. The zero-order chi connectivity index (χ0) is 17.4. The molecular weight excluding hydrogens is 438 g/mol. The minimum atomic E-state index is -0.0314. The summed E-state index contributed by atoms with van der Waals surface area (Å²) in [7, 11) is 3.38. The largest absolute Gasteiger partial charge is 0.494 e. The van der Waals surface area contributed by atoms with Crippen LogP contribution in [-0.4, -0.2) is 36.8 Å². The van der Waals surface area contributed by atoms with Crippen molar-refractivity contribution in [3.63, 3.8) is 0 Å². The molecule has 1 unspecified atom stereocenters. The number of nitrogens with one attached hydrogen (secondary N) is 1. The number of hydrogen-bond donors (Lipinski definition) is 1. The Labute approximate surface area is 157 Å². The zero-order valence-electron chi connectivity index (χ0n) is 13.6. The fourth-order valence-electron chi connectivity index (χ4n) is 2.80. The maximum atomic E-state index is 12.8. The fraction of sp³-hybridized carbons (Fsp3) is 0.294. The Morgan fingerprint density at radius 1 is 1.33 bits per heavy atom. The van der Waals surface area contributed by atoms with Gasteiger partial charge in [0.2, 0.25) is 0 Å². The van der Waals surface area contributed by atoms with Crippen LogP contribution in [0.4, 0.5) is 0 Å². The Kier molecular flexibility index (Phi) is 4.83. The molecule has 2 heterocycles. The van der Waals surface area contributed by atoms with E-state index in [1.807, 2.05) is 25.1 Å². The van der Waals surface area contributed by atoms with E-state index in [9.17, 15) is 4.79 Å². The lowest BCUT2D eigenvalue weighted by Crippen LogP contribution is -2.27. The van der Waals surface area contributed by atoms with Gasteiger partial charge in [0.05, 0.1) is 27.5 Å². The Hall–Kier alpha value is -1.60. The number of likely N-dealkylation sites (N-methyl/N-ethyl adjacent to an activating group) is 1. The highest BCUT2D eigenvalue weighted by Gasteiger charge is 2.28. The number of benzene rings is 1. The number of allylic oxidation sites excluding steroid dienone is 1. The summed E-state index contributed by atoms with van der Waals surface area (Å²) in [4.78, 5) is 18.9. The lowest BCUT2D eigenvalue weighted by atomic mass is 10.0. The summed E-state index contributed by atoms with van der Waals surface area (Å²) in [6, 6.07) is 3.94. The van der Waals surface area contributed by atoms with Crippen LogP contribution in [0.2, 0.25) is 0 Å². The zero-order valence-corrected chi connectivity index (χ0v) is 16.7. The molecule has 0 saturated heterocycles. The Balaban J connectivity index is 2.03. The maximum absolute atomic E-state index is 12.8. The van der Waals surface area contributed by atoms with Crippen LogP contribution >= 0.6 is 31.9 Å². The molecule has 0 aliphatic carbocycles. The first-order valence-electron chi connectivity index (χ1n) is 7.46. The lowest BCUT2D eigenvalue weighted by Gasteiger charge is -2.16. The number of aliphatic imine (C=N–C) groups is 1. The van der Waals surface area contributed by atoms with Crippen LogP contribution in [0.3, 0.4) is 0 Å². The van der Waals surface area contributed by atoms with E-state index in [4.69, 9.17) is 4.74 Å². The van der Waals surface area contributed by atoms with Gasteiger partial charge < -0.3 is 15.0 Å². The van der Waals surface area contributed by atoms with E-state index < -0.39 is 0 Å². The van der Waals surface area contributed by atoms with Crippen molar-refractivity contribution in [2.75, 3.05) is 14.2 Å². The molecule has 0 bridgehead atoms. The van der Waals surface area contributed by atoms with Crippen LogP contribution in [0, 0.1) is 0 Å². The molecule has 1 amide bonds. The van der Waals surface area contributed by atoms with Gasteiger partial charge in [0.1, 0.15) is 11.9 Å². The van der Waals surface area contributed by atoms with Gasteiger partial charge in [-0.05, 0) is 62.6 Å². The van der Waals surface area contributed by atoms with Crippen LogP contribution in [0.25, 0.3) is 0 Å². The van der Waals surface area contributed by atoms with Crippen LogP contribution < -0.4 is 10.1 Å². The molecule has 1 N–H and O–H groups in total. The molecule has 1 atom stereocenters. The third kappa shape index (κ3) is 3.15. The van der Waals surface area contributed by atoms with Crippen molar-refractivity contribution in [2.45, 2.75) is 19.5 Å². The molecule has 24 heavy (non-hydrogen) atoms. The second-order valence-electron chi connectivity index (χ2n) is 5.69. The number of ether oxygens (including phenoxy) is 1. The van der Waals surface area contributed by atoms with Crippen molar-refractivity contribution in [3.8, 4) is 5.75 Å². The highest BCUT2D eigenvalue weighted by molar-refractivity contribution is 9.11. The summed E-state index contributed by atoms with van der Waals surface area (Å²) in [5, 5.41) is 3.30. The predicted molar refractivity (Wildman–Crippen MR) is 101 cm³/mol. The molecule has 1 aromatic carbocycles. The highest BCUT2D eigenvalue weighted by Crippen LogP contribution is 2.35. The van der Waals surface area contributed by atoms with Crippen LogP contribution in [0.5, 0.6) is 5.75 Å². The highest BCUT2D eigenvalue weighted by atomic mass is 79.9. The summed E-state index contributed by atoms with van der Waals surface area (Å²) in [6.45, 7) is 1.97. The minimum Gasteiger partial charge on any atom is -0.494 e. The van der Waals surface area contributed by atoms with E-state index in [1.165, 1.54) is 0 Å². The monoisotopic (exact) mass is 453 g/mol. The van der Waals surface area contributed by atoms with Gasteiger partial charge in [-0.25, -0.2) is 0 Å². The van der Waals surface area contributed by atoms with Gasteiger partial charge in [0, 0.05) is 25.2 Å². The SMILES string of the molecule is COc1c(Br)cc(CC2=C3NC(C)N=C3C=CN(C)C2=O)cc1Br. The molecule has 0 fully saturated rings. The summed E-state index contributed by atoms with van der Waals surface area (Å²) in [5.74, 6) is 0.702. The van der Waals surface area contributed by atoms with Gasteiger partial charge in [-0.1, -0.05) is 0 Å². The summed E-state index contributed by atoms with van der Waals surface area (Å²) in [6.07, 6.45) is 4.10. The molecule has 0 radical (unpaired) electrons. The first-order valence-corrected chi connectivity index (χ1v) is 9.04. The standard InChI is InChI=1S/C17H17Br2N3O2/c1-9-20-14-4-5-22(2)17(23)11(15(14)21-9)6-10-7-12(18)16(24-3)13(19)8-10/h4-5,7-9,21H,6H2,1-3H3. The van der Waals surface area contributed by atoms with Crippen molar-refractivity contribution in [1.29, 1.82) is 0 Å². The van der Waals surface area contributed by atoms with Crippen molar-refractivity contribution in [2.24, 2.45) is 4.99 Å². The molecule has 0 spiro atoms. The number of hydrogen-bond acceptors (Lipinski definition) is 4. The van der Waals surface area contributed by atoms with Crippen molar-refractivity contribution in [3.05, 3.63) is 50.2 Å². The third-order valence-corrected chi connectivity index (χ3v) is 5.10. The number of carbonyl (C=O) groups is 1. The van der Waals surface area contributed by atoms with E-state index in [0.29, 0.717) is 12.0 Å². The Morgan fingerprint density at radius 2 is 2.00 bits per heavy atom. The van der Waals surface area contributed by atoms with Crippen LogP contribution in [-0.2, 0) is 11.2 Å². The predicted octanol–water partition coefficient (Wildman–Crippen LogP) is 3.39. The second kappa shape index (κ2) is 6.72. The summed E-state index contributed by atoms with van der Waals surface area (Å²) >= 11 is 7.03. The minimum absolute atomic E-state index is 0.0276. The summed E-state index contributed by atoms with van der Waals surface area (Å²) in [5.41, 5.74) is 3.34. The molecule has 2 aliphatic rings. The Bertz CT molecular complexity index is 776. The van der Waals surface area contributed by atoms with Crippen molar-refractivity contribution >= 4 is 43.5 Å². The van der Waals surface area contributed by atoms with Crippen molar-refractivity contribution < 1.29 is 9.53 Å². The summed E-state index contributed by atoms with van der Waals surface area (Å²) < 4.78 is 7.02. The molecule has 7 heteroatoms. The lowest BCUT2D eigenvalue weighted by molar-refractivity contribution is -0.123. The average Bonchev–Trinajstić information content (AvgIpc) is 2.85. The topological polar surface area (TPSA) is 53.9 Å². The molecular formula is C17H17Br2N3O2. The number of methoxy groups -OCH3 is 1. The van der Waals surface area contributed by atoms with E-state index >= 15 is 0 Å². The molecule has 0 aromatic heterocycles. The molecule has 126 valence electrons. The van der Waals surface area contributed by atoms with E-state index in [1.54, 1.807) is 25.3 Å². The van der Waals surface area contributed by atoms with Gasteiger partial charge in [0.25, 0.3) is 5.91 Å². The number of halogens is 2. The van der Waals surface area contributed by atoms with Crippen LogP contribution in [0.15, 0.2) is 49.6 Å². The molecule has 3 rings (SSSR count). The van der Waals surface area contributed by atoms with Gasteiger partial charge >= 0.3 is 0 Å². The average molecular weight is 455 g/mol. The fourth-order valence-corrected chi connectivity index (χ4v) is 4.41. The van der Waals surface area contributed by atoms with Crippen molar-refractivity contribution in [1.82, 2.24) is 10.2 Å². The number of rotatable bonds is 3. The Morgan fingerprint density at radius 3 is 2.62 bits per heavy atom. The first-order chi connectivity index (χ1) is 11.4. The smallest absolute Gasteiger partial charge is 0.255 e. The van der Waals surface area contributed by atoms with Crippen LogP contribution in [0.1, 0.15) is 12.5 Å². The number of fused-ring (bicyclic) bond motifs is 1. The number of nitrogens with zero attached hydrogens (tertiary/aromatic N) is 2. The number of amides is 1. The quantitative estimate of drug-likeness (QED) is 0.761.